The summed E-state index contributed by atoms with van der Waals surface area (Å²) in [5.74, 6) is 1.38. The Labute approximate surface area is 191 Å². The molecule has 7 heteroatoms. The fourth-order valence-corrected chi connectivity index (χ4v) is 5.00. The summed E-state index contributed by atoms with van der Waals surface area (Å²) in [5, 5.41) is 7.84. The molecule has 0 saturated heterocycles. The number of aromatic nitrogens is 1. The Kier molecular flexibility index (Phi) is 8.27. The third-order valence-corrected chi connectivity index (χ3v) is 6.73. The van der Waals surface area contributed by atoms with Crippen LogP contribution in [0.4, 0.5) is 5.13 Å². The van der Waals surface area contributed by atoms with Crippen molar-refractivity contribution in [2.24, 2.45) is 11.1 Å². The van der Waals surface area contributed by atoms with Gasteiger partial charge in [0.2, 0.25) is 0 Å². The van der Waals surface area contributed by atoms with Gasteiger partial charge in [-0.1, -0.05) is 85.4 Å². The molecule has 0 aliphatic carbocycles. The van der Waals surface area contributed by atoms with Crippen molar-refractivity contribution in [2.75, 3.05) is 17.2 Å². The van der Waals surface area contributed by atoms with E-state index in [2.05, 4.69) is 43.0 Å². The minimum Gasteiger partial charge on any atom is -0.343 e. The van der Waals surface area contributed by atoms with Crippen LogP contribution < -0.4 is 10.0 Å². The summed E-state index contributed by atoms with van der Waals surface area (Å²) in [6.45, 7) is 6.10. The fourth-order valence-electron chi connectivity index (χ4n) is 3.06. The van der Waals surface area contributed by atoms with E-state index in [1.165, 1.54) is 22.4 Å². The van der Waals surface area contributed by atoms with E-state index < -0.39 is 0 Å². The van der Waals surface area contributed by atoms with Crippen LogP contribution in [0, 0.1) is 5.92 Å². The van der Waals surface area contributed by atoms with Crippen LogP contribution in [0.5, 0.6) is 0 Å². The van der Waals surface area contributed by atoms with Crippen molar-refractivity contribution >= 4 is 51.6 Å². The maximum Gasteiger partial charge on any atom is 0.186 e. The number of anilines is 1. The van der Waals surface area contributed by atoms with Gasteiger partial charge in [0.05, 0.1) is 15.7 Å². The lowest BCUT2D eigenvalue weighted by atomic mass is 10.0. The normalized spacial score (nSPS) is 11.2. The van der Waals surface area contributed by atoms with Crippen molar-refractivity contribution in [1.82, 2.24) is 4.98 Å². The highest BCUT2D eigenvalue weighted by molar-refractivity contribution is 7.97. The molecule has 0 atom stereocenters. The van der Waals surface area contributed by atoms with Crippen LogP contribution in [0.15, 0.2) is 48.5 Å². The first kappa shape index (κ1) is 22.4. The van der Waals surface area contributed by atoms with Crippen molar-refractivity contribution in [3.8, 4) is 11.3 Å². The summed E-state index contributed by atoms with van der Waals surface area (Å²) >= 11 is 15.5. The van der Waals surface area contributed by atoms with Crippen LogP contribution in [0.3, 0.4) is 0 Å². The number of benzene rings is 2. The van der Waals surface area contributed by atoms with Crippen LogP contribution in [0.25, 0.3) is 11.3 Å². The van der Waals surface area contributed by atoms with Crippen LogP contribution >= 0.6 is 46.5 Å². The molecule has 3 nitrogen and oxygen atoms in total. The molecule has 1 aromatic heterocycles. The highest BCUT2D eigenvalue weighted by atomic mass is 35.5. The molecule has 0 fully saturated rings. The molecule has 2 aromatic carbocycles. The van der Waals surface area contributed by atoms with Gasteiger partial charge in [-0.2, -0.15) is 0 Å². The van der Waals surface area contributed by atoms with Gasteiger partial charge in [-0.3, -0.25) is 5.14 Å². The standard InChI is InChI=1S/C22H25Cl2N3S2/c1-15(2)12-20-21(17-8-9-18(23)19(24)13-17)26-22(29-20)27(10-11-28-25)14-16-6-4-3-5-7-16/h3-9,13,15H,10-12,14,25H2,1-2H3. The molecule has 154 valence electrons. The zero-order chi connectivity index (χ0) is 20.8. The van der Waals surface area contributed by atoms with E-state index in [-0.39, 0.29) is 0 Å². The Morgan fingerprint density at radius 2 is 1.86 bits per heavy atom. The zero-order valence-corrected chi connectivity index (χ0v) is 19.7. The van der Waals surface area contributed by atoms with Crippen LogP contribution in [-0.2, 0) is 13.0 Å². The Hall–Kier alpha value is -1.24. The molecule has 0 radical (unpaired) electrons. The lowest BCUT2D eigenvalue weighted by Gasteiger charge is -2.21. The topological polar surface area (TPSA) is 42.1 Å². The van der Waals surface area contributed by atoms with Gasteiger partial charge < -0.3 is 4.90 Å². The average Bonchev–Trinajstić information content (AvgIpc) is 3.11. The summed E-state index contributed by atoms with van der Waals surface area (Å²) in [4.78, 5) is 8.63. The molecule has 0 aliphatic rings. The second kappa shape index (κ2) is 10.7. The van der Waals surface area contributed by atoms with Crippen molar-refractivity contribution in [1.29, 1.82) is 0 Å². The number of hydrogen-bond donors (Lipinski definition) is 1. The maximum atomic E-state index is 6.28. The van der Waals surface area contributed by atoms with Gasteiger partial charge >= 0.3 is 0 Å². The molecule has 0 saturated carbocycles. The molecule has 1 heterocycles. The first-order chi connectivity index (χ1) is 14.0. The number of nitrogens with two attached hydrogens (primary N) is 1. The van der Waals surface area contributed by atoms with Gasteiger partial charge in [-0.15, -0.1) is 11.3 Å². The van der Waals surface area contributed by atoms with E-state index in [1.807, 2.05) is 24.3 Å². The fraction of sp³-hybridized carbons (Fsp3) is 0.318. The molecule has 0 spiro atoms. The monoisotopic (exact) mass is 465 g/mol. The van der Waals surface area contributed by atoms with Gasteiger partial charge in [-0.25, -0.2) is 4.98 Å². The zero-order valence-electron chi connectivity index (χ0n) is 16.6. The Morgan fingerprint density at radius 3 is 2.52 bits per heavy atom. The van der Waals surface area contributed by atoms with E-state index in [1.54, 1.807) is 11.3 Å². The summed E-state index contributed by atoms with van der Waals surface area (Å²) in [7, 11) is 0. The Bertz CT molecular complexity index is 929. The predicted molar refractivity (Wildman–Crippen MR) is 130 cm³/mol. The molecule has 3 aromatic rings. The van der Waals surface area contributed by atoms with Crippen LogP contribution in [0.2, 0.25) is 10.0 Å². The van der Waals surface area contributed by atoms with E-state index in [4.69, 9.17) is 33.3 Å². The number of rotatable bonds is 9. The minimum absolute atomic E-state index is 0.534. The first-order valence-corrected chi connectivity index (χ1v) is 12.2. The lowest BCUT2D eigenvalue weighted by molar-refractivity contribution is 0.654. The van der Waals surface area contributed by atoms with E-state index >= 15 is 0 Å². The molecule has 0 unspecified atom stereocenters. The maximum absolute atomic E-state index is 6.28. The van der Waals surface area contributed by atoms with Crippen molar-refractivity contribution < 1.29 is 0 Å². The highest BCUT2D eigenvalue weighted by Crippen LogP contribution is 2.37. The number of nitrogens with zero attached hydrogens (tertiary/aromatic N) is 2. The van der Waals surface area contributed by atoms with Gasteiger partial charge in [0.1, 0.15) is 0 Å². The van der Waals surface area contributed by atoms with Gasteiger partial charge in [-0.05, 0) is 30.0 Å². The Balaban J connectivity index is 1.99. The van der Waals surface area contributed by atoms with E-state index in [0.29, 0.717) is 16.0 Å². The molecule has 0 aliphatic heterocycles. The molecule has 29 heavy (non-hydrogen) atoms. The molecule has 0 amide bonds. The smallest absolute Gasteiger partial charge is 0.186 e. The summed E-state index contributed by atoms with van der Waals surface area (Å²) in [6.07, 6.45) is 0.970. The minimum atomic E-state index is 0.534. The van der Waals surface area contributed by atoms with E-state index in [9.17, 15) is 0 Å². The van der Waals surface area contributed by atoms with Crippen LogP contribution in [-0.4, -0.2) is 17.3 Å². The van der Waals surface area contributed by atoms with Crippen molar-refractivity contribution in [2.45, 2.75) is 26.8 Å². The number of thiazole rings is 1. The molecule has 2 N–H and O–H groups in total. The number of halogens is 2. The lowest BCUT2D eigenvalue weighted by Crippen LogP contribution is -2.25. The van der Waals surface area contributed by atoms with Crippen molar-refractivity contribution in [3.63, 3.8) is 0 Å². The molecule has 0 bridgehead atoms. The van der Waals surface area contributed by atoms with Gasteiger partial charge in [0, 0.05) is 29.3 Å². The first-order valence-electron chi connectivity index (χ1n) is 9.53. The second-order valence-corrected chi connectivity index (χ2v) is 9.89. The third kappa shape index (κ3) is 6.12. The summed E-state index contributed by atoms with van der Waals surface area (Å²) < 4.78 is 0. The Morgan fingerprint density at radius 1 is 1.10 bits per heavy atom. The predicted octanol–water partition coefficient (Wildman–Crippen LogP) is 6.93. The average molecular weight is 467 g/mol. The van der Waals surface area contributed by atoms with Gasteiger partial charge in [0.25, 0.3) is 0 Å². The van der Waals surface area contributed by atoms with Crippen molar-refractivity contribution in [3.05, 3.63) is 69.0 Å². The largest absolute Gasteiger partial charge is 0.343 e. The molecular formula is C22H25Cl2N3S2. The van der Waals surface area contributed by atoms with E-state index in [0.717, 1.165) is 41.7 Å². The summed E-state index contributed by atoms with van der Waals surface area (Å²) in [5.41, 5.74) is 3.26. The third-order valence-electron chi connectivity index (χ3n) is 4.44. The molecule has 3 rings (SSSR count). The molecular weight excluding hydrogens is 441 g/mol. The highest BCUT2D eigenvalue weighted by Gasteiger charge is 2.19. The number of hydrogen-bond acceptors (Lipinski definition) is 5. The quantitative estimate of drug-likeness (QED) is 0.347. The second-order valence-electron chi connectivity index (χ2n) is 7.27. The van der Waals surface area contributed by atoms with Gasteiger partial charge in [0.15, 0.2) is 5.13 Å². The SMILES string of the molecule is CC(C)Cc1sc(N(CCSN)Cc2ccccc2)nc1-c1ccc(Cl)c(Cl)c1. The van der Waals surface area contributed by atoms with Crippen LogP contribution in [0.1, 0.15) is 24.3 Å². The summed E-state index contributed by atoms with van der Waals surface area (Å²) in [6, 6.07) is 16.2.